The van der Waals surface area contributed by atoms with Gasteiger partial charge in [-0.1, -0.05) is 11.3 Å². The van der Waals surface area contributed by atoms with Gasteiger partial charge in [-0.05, 0) is 40.2 Å². The van der Waals surface area contributed by atoms with Gasteiger partial charge in [0.05, 0.1) is 26.7 Å². The Morgan fingerprint density at radius 1 is 1.33 bits per heavy atom. The molecule has 0 aliphatic carbocycles. The number of nitro groups is 1. The third-order valence-electron chi connectivity index (χ3n) is 3.22. The Kier molecular flexibility index (Phi) is 4.45. The number of fused-ring (bicyclic) bond motifs is 1. The minimum Gasteiger partial charge on any atom is -0.496 e. The van der Waals surface area contributed by atoms with Crippen molar-refractivity contribution in [2.24, 2.45) is 0 Å². The number of halogens is 1. The second-order valence-corrected chi connectivity index (χ2v) is 6.62. The van der Waals surface area contributed by atoms with Gasteiger partial charge < -0.3 is 4.74 Å². The zero-order valence-electron chi connectivity index (χ0n) is 12.3. The number of hydrogen-bond acceptors (Lipinski definition) is 6. The van der Waals surface area contributed by atoms with Crippen molar-refractivity contribution in [1.82, 2.24) is 4.98 Å². The molecule has 3 aromatic rings. The molecule has 0 saturated heterocycles. The molecule has 7 nitrogen and oxygen atoms in total. The number of non-ortho nitro benzene ring substituents is 1. The summed E-state index contributed by atoms with van der Waals surface area (Å²) in [4.78, 5) is 26.9. The maximum absolute atomic E-state index is 12.3. The van der Waals surface area contributed by atoms with Gasteiger partial charge in [-0.25, -0.2) is 4.98 Å². The lowest BCUT2D eigenvalue weighted by Crippen LogP contribution is -2.11. The number of rotatable bonds is 4. The number of anilines is 1. The fraction of sp³-hybridized carbons (Fsp3) is 0.0667. The van der Waals surface area contributed by atoms with Gasteiger partial charge in [0.1, 0.15) is 5.75 Å². The van der Waals surface area contributed by atoms with Crippen LogP contribution >= 0.6 is 27.3 Å². The summed E-state index contributed by atoms with van der Waals surface area (Å²) < 4.78 is 6.42. The lowest BCUT2D eigenvalue weighted by atomic mass is 10.2. The molecule has 0 radical (unpaired) electrons. The van der Waals surface area contributed by atoms with Crippen molar-refractivity contribution in [2.45, 2.75) is 0 Å². The molecule has 0 aliphatic rings. The molecular weight excluding hydrogens is 398 g/mol. The molecule has 9 heteroatoms. The molecule has 0 saturated carbocycles. The quantitative estimate of drug-likeness (QED) is 0.515. The van der Waals surface area contributed by atoms with E-state index in [2.05, 4.69) is 26.2 Å². The number of nitrogens with zero attached hydrogens (tertiary/aromatic N) is 2. The van der Waals surface area contributed by atoms with E-state index in [9.17, 15) is 14.9 Å². The lowest BCUT2D eigenvalue weighted by molar-refractivity contribution is -0.384. The van der Waals surface area contributed by atoms with Crippen LogP contribution in [0.5, 0.6) is 5.75 Å². The van der Waals surface area contributed by atoms with Crippen molar-refractivity contribution in [1.29, 1.82) is 0 Å². The summed E-state index contributed by atoms with van der Waals surface area (Å²) in [6.07, 6.45) is 0. The number of amides is 1. The predicted molar refractivity (Wildman–Crippen MR) is 94.9 cm³/mol. The van der Waals surface area contributed by atoms with Crippen LogP contribution in [0.15, 0.2) is 40.9 Å². The predicted octanol–water partition coefficient (Wildman–Crippen LogP) is 4.23. The molecule has 0 spiro atoms. The van der Waals surface area contributed by atoms with Crippen molar-refractivity contribution in [3.8, 4) is 5.75 Å². The van der Waals surface area contributed by atoms with Gasteiger partial charge in [0.2, 0.25) is 0 Å². The zero-order chi connectivity index (χ0) is 17.3. The first kappa shape index (κ1) is 16.3. The highest BCUT2D eigenvalue weighted by molar-refractivity contribution is 9.10. The highest BCUT2D eigenvalue weighted by Crippen LogP contribution is 2.30. The fourth-order valence-corrected chi connectivity index (χ4v) is 3.49. The van der Waals surface area contributed by atoms with Gasteiger partial charge >= 0.3 is 0 Å². The van der Waals surface area contributed by atoms with E-state index in [1.165, 1.54) is 23.5 Å². The summed E-state index contributed by atoms with van der Waals surface area (Å²) in [7, 11) is 1.54. The van der Waals surface area contributed by atoms with E-state index in [0.717, 1.165) is 0 Å². The van der Waals surface area contributed by atoms with Crippen LogP contribution in [-0.2, 0) is 0 Å². The van der Waals surface area contributed by atoms with E-state index in [0.29, 0.717) is 31.1 Å². The van der Waals surface area contributed by atoms with Crippen LogP contribution in [0.4, 0.5) is 10.8 Å². The van der Waals surface area contributed by atoms with Crippen LogP contribution in [0.25, 0.3) is 10.2 Å². The number of benzene rings is 2. The molecule has 24 heavy (non-hydrogen) atoms. The molecule has 0 fully saturated rings. The molecule has 1 N–H and O–H groups in total. The Morgan fingerprint density at radius 3 is 2.79 bits per heavy atom. The van der Waals surface area contributed by atoms with Crippen LogP contribution in [0.3, 0.4) is 0 Å². The molecule has 1 aromatic heterocycles. The van der Waals surface area contributed by atoms with E-state index in [1.54, 1.807) is 31.4 Å². The number of thiazole rings is 1. The molecule has 0 unspecified atom stereocenters. The van der Waals surface area contributed by atoms with Crippen LogP contribution in [0.2, 0.25) is 0 Å². The summed E-state index contributed by atoms with van der Waals surface area (Å²) in [5.74, 6) is 0.297. The van der Waals surface area contributed by atoms with Gasteiger partial charge in [-0.3, -0.25) is 20.2 Å². The topological polar surface area (TPSA) is 94.4 Å². The number of carbonyl (C=O) groups is 1. The summed E-state index contributed by atoms with van der Waals surface area (Å²) in [5, 5.41) is 13.9. The van der Waals surface area contributed by atoms with Gasteiger partial charge in [0.15, 0.2) is 5.13 Å². The number of ether oxygens (including phenoxy) is 1. The highest BCUT2D eigenvalue weighted by atomic mass is 79.9. The Labute approximate surface area is 148 Å². The van der Waals surface area contributed by atoms with E-state index < -0.39 is 4.92 Å². The number of aromatic nitrogens is 1. The summed E-state index contributed by atoms with van der Waals surface area (Å²) in [6.45, 7) is 0. The van der Waals surface area contributed by atoms with Crippen molar-refractivity contribution in [2.75, 3.05) is 12.4 Å². The Morgan fingerprint density at radius 2 is 2.12 bits per heavy atom. The average Bonchev–Trinajstić information content (AvgIpc) is 2.95. The number of carbonyl (C=O) groups excluding carboxylic acids is 1. The second-order valence-electron chi connectivity index (χ2n) is 4.73. The van der Waals surface area contributed by atoms with Crippen LogP contribution in [0.1, 0.15) is 10.4 Å². The summed E-state index contributed by atoms with van der Waals surface area (Å²) >= 11 is 4.51. The summed E-state index contributed by atoms with van der Waals surface area (Å²) in [5.41, 5.74) is 1.02. The largest absolute Gasteiger partial charge is 0.496 e. The Balaban J connectivity index is 1.85. The molecule has 122 valence electrons. The Bertz CT molecular complexity index is 957. The van der Waals surface area contributed by atoms with Crippen molar-refractivity contribution in [3.63, 3.8) is 0 Å². The number of hydrogen-bond donors (Lipinski definition) is 1. The van der Waals surface area contributed by atoms with Gasteiger partial charge in [-0.15, -0.1) is 0 Å². The van der Waals surface area contributed by atoms with E-state index in [1.807, 2.05) is 0 Å². The average molecular weight is 408 g/mol. The maximum atomic E-state index is 12.3. The molecule has 0 atom stereocenters. The van der Waals surface area contributed by atoms with E-state index >= 15 is 0 Å². The minimum atomic E-state index is -0.466. The third-order valence-corrected chi connectivity index (χ3v) is 4.77. The van der Waals surface area contributed by atoms with Crippen molar-refractivity contribution in [3.05, 3.63) is 56.5 Å². The van der Waals surface area contributed by atoms with Crippen molar-refractivity contribution >= 4 is 54.2 Å². The third kappa shape index (κ3) is 3.22. The molecule has 3 rings (SSSR count). The van der Waals surface area contributed by atoms with E-state index in [-0.39, 0.29) is 11.6 Å². The maximum Gasteiger partial charge on any atom is 0.270 e. The molecule has 1 heterocycles. The second kappa shape index (κ2) is 6.54. The monoisotopic (exact) mass is 407 g/mol. The fourth-order valence-electron chi connectivity index (χ4n) is 2.06. The van der Waals surface area contributed by atoms with Gasteiger partial charge in [0, 0.05) is 17.7 Å². The number of nitrogens with one attached hydrogen (secondary N) is 1. The highest BCUT2D eigenvalue weighted by Gasteiger charge is 2.14. The number of methoxy groups -OCH3 is 1. The Hall–Kier alpha value is -2.52. The molecule has 0 aliphatic heterocycles. The molecular formula is C15H10BrN3O4S. The first-order valence-electron chi connectivity index (χ1n) is 6.68. The summed E-state index contributed by atoms with van der Waals surface area (Å²) in [6, 6.07) is 9.34. The van der Waals surface area contributed by atoms with Crippen LogP contribution < -0.4 is 10.1 Å². The standard InChI is InChI=1S/C15H10BrN3O4S/c1-23-12-5-2-8(6-10(12)16)14(20)18-15-17-11-4-3-9(19(21)22)7-13(11)24-15/h2-7H,1H3,(H,17,18,20). The smallest absolute Gasteiger partial charge is 0.270 e. The first-order valence-corrected chi connectivity index (χ1v) is 8.29. The minimum absolute atomic E-state index is 0.0110. The normalized spacial score (nSPS) is 10.6. The van der Waals surface area contributed by atoms with Crippen LogP contribution in [0, 0.1) is 10.1 Å². The number of nitro benzene ring substituents is 1. The SMILES string of the molecule is COc1ccc(C(=O)Nc2nc3ccc([N+](=O)[O-])cc3s2)cc1Br. The van der Waals surface area contributed by atoms with Crippen LogP contribution in [-0.4, -0.2) is 22.9 Å². The van der Waals surface area contributed by atoms with Gasteiger partial charge in [0.25, 0.3) is 11.6 Å². The van der Waals surface area contributed by atoms with E-state index in [4.69, 9.17) is 4.74 Å². The molecule has 0 bridgehead atoms. The van der Waals surface area contributed by atoms with Crippen molar-refractivity contribution < 1.29 is 14.5 Å². The molecule has 2 aromatic carbocycles. The lowest BCUT2D eigenvalue weighted by Gasteiger charge is -2.05. The first-order chi connectivity index (χ1) is 11.5. The molecule has 1 amide bonds. The van der Waals surface area contributed by atoms with Gasteiger partial charge in [-0.2, -0.15) is 0 Å². The zero-order valence-corrected chi connectivity index (χ0v) is 14.7.